The van der Waals surface area contributed by atoms with E-state index in [-0.39, 0.29) is 5.60 Å². The lowest BCUT2D eigenvalue weighted by molar-refractivity contribution is -0.215. The smallest absolute Gasteiger partial charge is 0.104 e. The molecule has 0 aromatic heterocycles. The average Bonchev–Trinajstić information content (AvgIpc) is 2.91. The third-order valence-electron chi connectivity index (χ3n) is 5.55. The van der Waals surface area contributed by atoms with E-state index in [4.69, 9.17) is 9.47 Å². The van der Waals surface area contributed by atoms with Crippen molar-refractivity contribution in [2.24, 2.45) is 16.7 Å². The van der Waals surface area contributed by atoms with E-state index < -0.39 is 0 Å². The minimum absolute atomic E-state index is 0.217. The summed E-state index contributed by atoms with van der Waals surface area (Å²) >= 11 is 0. The van der Waals surface area contributed by atoms with Gasteiger partial charge in [-0.2, -0.15) is 0 Å². The zero-order valence-electron chi connectivity index (χ0n) is 11.1. The fourth-order valence-corrected chi connectivity index (χ4v) is 5.94. The van der Waals surface area contributed by atoms with Gasteiger partial charge in [-0.15, -0.1) is 0 Å². The summed E-state index contributed by atoms with van der Waals surface area (Å²) in [4.78, 5) is 0. The van der Waals surface area contributed by atoms with Gasteiger partial charge in [0.15, 0.2) is 0 Å². The Kier molecular flexibility index (Phi) is 1.96. The second-order valence-electron chi connectivity index (χ2n) is 8.08. The number of hydrogen-bond donors (Lipinski definition) is 0. The maximum absolute atomic E-state index is 6.37. The third-order valence-corrected chi connectivity index (χ3v) is 5.55. The van der Waals surface area contributed by atoms with Crippen LogP contribution in [0.2, 0.25) is 0 Å². The summed E-state index contributed by atoms with van der Waals surface area (Å²) in [5, 5.41) is 0. The highest BCUT2D eigenvalue weighted by atomic mass is 16.6. The SMILES string of the molecule is CC12CC3CC(C)(C1)CC(OCC1CO1)(C3)C2. The van der Waals surface area contributed by atoms with Crippen LogP contribution in [-0.4, -0.2) is 24.9 Å². The molecule has 1 heterocycles. The molecule has 5 fully saturated rings. The molecule has 4 saturated carbocycles. The van der Waals surface area contributed by atoms with Gasteiger partial charge in [0.1, 0.15) is 6.10 Å². The monoisotopic (exact) mass is 236 g/mol. The molecule has 4 aliphatic carbocycles. The molecule has 0 N–H and O–H groups in total. The maximum Gasteiger partial charge on any atom is 0.104 e. The third kappa shape index (κ3) is 1.76. The molecule has 17 heavy (non-hydrogen) atoms. The average molecular weight is 236 g/mol. The first-order valence-electron chi connectivity index (χ1n) is 7.24. The molecule has 1 saturated heterocycles. The first-order valence-corrected chi connectivity index (χ1v) is 7.24. The van der Waals surface area contributed by atoms with E-state index in [1.54, 1.807) is 0 Å². The summed E-state index contributed by atoms with van der Waals surface area (Å²) in [6.45, 7) is 6.77. The van der Waals surface area contributed by atoms with Crippen LogP contribution >= 0.6 is 0 Å². The lowest BCUT2D eigenvalue weighted by Crippen LogP contribution is -2.59. The molecule has 96 valence electrons. The van der Waals surface area contributed by atoms with Crippen LogP contribution in [0.15, 0.2) is 0 Å². The number of epoxide rings is 1. The van der Waals surface area contributed by atoms with E-state index in [9.17, 15) is 0 Å². The van der Waals surface area contributed by atoms with Gasteiger partial charge < -0.3 is 9.47 Å². The van der Waals surface area contributed by atoms with Crippen molar-refractivity contribution in [1.29, 1.82) is 0 Å². The molecular weight excluding hydrogens is 212 g/mol. The van der Waals surface area contributed by atoms with Crippen LogP contribution in [0.5, 0.6) is 0 Å². The predicted molar refractivity (Wildman–Crippen MR) is 65.8 cm³/mol. The molecule has 3 atom stereocenters. The van der Waals surface area contributed by atoms with Gasteiger partial charge in [-0.1, -0.05) is 13.8 Å². The van der Waals surface area contributed by atoms with Crippen LogP contribution in [0.25, 0.3) is 0 Å². The fourth-order valence-electron chi connectivity index (χ4n) is 5.94. The van der Waals surface area contributed by atoms with Gasteiger partial charge in [-0.25, -0.2) is 0 Å². The van der Waals surface area contributed by atoms with Crippen molar-refractivity contribution in [3.63, 3.8) is 0 Å². The quantitative estimate of drug-likeness (QED) is 0.702. The predicted octanol–water partition coefficient (Wildman–Crippen LogP) is 3.15. The maximum atomic E-state index is 6.37. The Balaban J connectivity index is 1.58. The van der Waals surface area contributed by atoms with Gasteiger partial charge in [0.25, 0.3) is 0 Å². The molecule has 4 bridgehead atoms. The Labute approximate surface area is 104 Å². The molecule has 5 aliphatic rings. The molecular formula is C15H24O2. The highest BCUT2D eigenvalue weighted by Gasteiger charge is 2.60. The lowest BCUT2D eigenvalue weighted by atomic mass is 9.43. The Morgan fingerprint density at radius 2 is 1.71 bits per heavy atom. The Hall–Kier alpha value is -0.0800. The van der Waals surface area contributed by atoms with Gasteiger partial charge in [0.05, 0.1) is 18.8 Å². The van der Waals surface area contributed by atoms with Crippen molar-refractivity contribution in [3.05, 3.63) is 0 Å². The lowest BCUT2D eigenvalue weighted by Gasteiger charge is -2.65. The van der Waals surface area contributed by atoms with E-state index in [1.807, 2.05) is 0 Å². The Bertz CT molecular complexity index is 329. The molecule has 0 radical (unpaired) electrons. The summed E-state index contributed by atoms with van der Waals surface area (Å²) in [5.41, 5.74) is 1.35. The number of hydrogen-bond acceptors (Lipinski definition) is 2. The van der Waals surface area contributed by atoms with E-state index in [0.717, 1.165) is 19.1 Å². The van der Waals surface area contributed by atoms with Crippen molar-refractivity contribution in [3.8, 4) is 0 Å². The minimum Gasteiger partial charge on any atom is -0.372 e. The first kappa shape index (κ1) is 10.8. The standard InChI is InChI=1S/C15H24O2/c1-13-3-11-4-14(2,8-13)10-15(5-11,9-13)17-7-12-6-16-12/h11-12H,3-10H2,1-2H3. The highest BCUT2D eigenvalue weighted by molar-refractivity contribution is 5.12. The van der Waals surface area contributed by atoms with E-state index in [0.29, 0.717) is 16.9 Å². The van der Waals surface area contributed by atoms with Crippen LogP contribution in [-0.2, 0) is 9.47 Å². The van der Waals surface area contributed by atoms with E-state index in [2.05, 4.69) is 13.8 Å². The summed E-state index contributed by atoms with van der Waals surface area (Å²) in [6, 6.07) is 0. The van der Waals surface area contributed by atoms with Crippen molar-refractivity contribution in [1.82, 2.24) is 0 Å². The van der Waals surface area contributed by atoms with Crippen LogP contribution < -0.4 is 0 Å². The van der Waals surface area contributed by atoms with Crippen LogP contribution in [0.4, 0.5) is 0 Å². The molecule has 1 aliphatic heterocycles. The van der Waals surface area contributed by atoms with Crippen LogP contribution in [0.3, 0.4) is 0 Å². The molecule has 5 rings (SSSR count). The summed E-state index contributed by atoms with van der Waals surface area (Å²) in [6.07, 6.45) is 8.69. The Morgan fingerprint density at radius 3 is 2.24 bits per heavy atom. The zero-order chi connectivity index (χ0) is 11.7. The second kappa shape index (κ2) is 3.08. The van der Waals surface area contributed by atoms with Gasteiger partial charge in [0, 0.05) is 0 Å². The van der Waals surface area contributed by atoms with Gasteiger partial charge in [-0.3, -0.25) is 0 Å². The van der Waals surface area contributed by atoms with Gasteiger partial charge >= 0.3 is 0 Å². The molecule has 0 aromatic rings. The summed E-state index contributed by atoms with van der Waals surface area (Å²) in [7, 11) is 0. The van der Waals surface area contributed by atoms with Crippen LogP contribution in [0.1, 0.15) is 52.4 Å². The van der Waals surface area contributed by atoms with Gasteiger partial charge in [-0.05, 0) is 55.3 Å². The zero-order valence-corrected chi connectivity index (χ0v) is 11.1. The van der Waals surface area contributed by atoms with E-state index >= 15 is 0 Å². The highest BCUT2D eigenvalue weighted by Crippen LogP contribution is 2.67. The first-order chi connectivity index (χ1) is 7.99. The molecule has 0 spiro atoms. The molecule has 2 nitrogen and oxygen atoms in total. The van der Waals surface area contributed by atoms with Crippen molar-refractivity contribution < 1.29 is 9.47 Å². The Morgan fingerprint density at radius 1 is 1.06 bits per heavy atom. The van der Waals surface area contributed by atoms with Crippen molar-refractivity contribution in [2.45, 2.75) is 64.1 Å². The normalized spacial score (nSPS) is 59.6. The molecule has 0 amide bonds. The largest absolute Gasteiger partial charge is 0.372 e. The van der Waals surface area contributed by atoms with E-state index in [1.165, 1.54) is 38.5 Å². The fraction of sp³-hybridized carbons (Fsp3) is 1.00. The topological polar surface area (TPSA) is 21.8 Å². The van der Waals surface area contributed by atoms with Gasteiger partial charge in [0.2, 0.25) is 0 Å². The molecule has 0 aromatic carbocycles. The number of rotatable bonds is 3. The molecule has 3 unspecified atom stereocenters. The summed E-state index contributed by atoms with van der Waals surface area (Å²) in [5.74, 6) is 0.932. The number of ether oxygens (including phenoxy) is 2. The minimum atomic E-state index is 0.217. The molecule has 2 heteroatoms. The van der Waals surface area contributed by atoms with Crippen LogP contribution in [0, 0.1) is 16.7 Å². The van der Waals surface area contributed by atoms with Crippen molar-refractivity contribution >= 4 is 0 Å². The second-order valence-corrected chi connectivity index (χ2v) is 8.08. The van der Waals surface area contributed by atoms with Crippen molar-refractivity contribution in [2.75, 3.05) is 13.2 Å². The summed E-state index contributed by atoms with van der Waals surface area (Å²) < 4.78 is 11.7.